The normalized spacial score (nSPS) is 23.4. The predicted octanol–water partition coefficient (Wildman–Crippen LogP) is 4.05. The highest BCUT2D eigenvalue weighted by atomic mass is 15.2. The standard InChI is InChI=1S/C22H29N5/c1-14-8-15(2)27(12-14)20-10-19(25-13-26-20)21(24)17-9-16(4-5-18(17)23)11-22(3)6-7-22/h4-5,9-10,13-15,24H,6-8,11-12,23H2,1-3H3. The summed E-state index contributed by atoms with van der Waals surface area (Å²) in [4.78, 5) is 11.2. The van der Waals surface area contributed by atoms with Crippen molar-refractivity contribution in [1.29, 1.82) is 5.41 Å². The van der Waals surface area contributed by atoms with Crippen LogP contribution in [0.1, 0.15) is 56.9 Å². The number of nitrogens with two attached hydrogens (primary N) is 1. The first-order chi connectivity index (χ1) is 12.8. The van der Waals surface area contributed by atoms with Crippen molar-refractivity contribution >= 4 is 17.2 Å². The van der Waals surface area contributed by atoms with Crippen LogP contribution in [0.25, 0.3) is 0 Å². The van der Waals surface area contributed by atoms with Gasteiger partial charge in [-0.1, -0.05) is 19.9 Å². The molecule has 5 heteroatoms. The SMILES string of the molecule is CC1CC(C)N(c2cc(C(=N)c3cc(CC4(C)CC4)ccc3N)ncn2)C1. The second-order valence-corrected chi connectivity index (χ2v) is 8.89. The van der Waals surface area contributed by atoms with Crippen molar-refractivity contribution in [1.82, 2.24) is 9.97 Å². The largest absolute Gasteiger partial charge is 0.398 e. The molecule has 0 radical (unpaired) electrons. The molecule has 2 heterocycles. The summed E-state index contributed by atoms with van der Waals surface area (Å²) in [6.07, 6.45) is 6.36. The Bertz CT molecular complexity index is 871. The minimum Gasteiger partial charge on any atom is -0.398 e. The minimum absolute atomic E-state index is 0.374. The zero-order chi connectivity index (χ0) is 19.2. The van der Waals surface area contributed by atoms with Gasteiger partial charge in [0.15, 0.2) is 0 Å². The Hall–Kier alpha value is -2.43. The van der Waals surface area contributed by atoms with Crippen LogP contribution in [0, 0.1) is 16.7 Å². The van der Waals surface area contributed by atoms with Crippen LogP contribution in [-0.2, 0) is 6.42 Å². The molecule has 1 aliphatic carbocycles. The highest BCUT2D eigenvalue weighted by molar-refractivity contribution is 6.13. The summed E-state index contributed by atoms with van der Waals surface area (Å²) in [5, 5.41) is 8.72. The molecule has 142 valence electrons. The third-order valence-electron chi connectivity index (χ3n) is 6.11. The Balaban J connectivity index is 1.61. The smallest absolute Gasteiger partial charge is 0.132 e. The van der Waals surface area contributed by atoms with Crippen LogP contribution < -0.4 is 10.6 Å². The van der Waals surface area contributed by atoms with Crippen LogP contribution in [0.5, 0.6) is 0 Å². The van der Waals surface area contributed by atoms with E-state index in [9.17, 15) is 0 Å². The van der Waals surface area contributed by atoms with Gasteiger partial charge in [0.25, 0.3) is 0 Å². The molecule has 2 fully saturated rings. The summed E-state index contributed by atoms with van der Waals surface area (Å²) < 4.78 is 0. The third-order valence-corrected chi connectivity index (χ3v) is 6.11. The monoisotopic (exact) mass is 363 g/mol. The van der Waals surface area contributed by atoms with E-state index in [4.69, 9.17) is 11.1 Å². The molecule has 1 aromatic carbocycles. The zero-order valence-corrected chi connectivity index (χ0v) is 16.5. The van der Waals surface area contributed by atoms with Crippen molar-refractivity contribution in [3.05, 3.63) is 47.4 Å². The van der Waals surface area contributed by atoms with E-state index in [1.165, 1.54) is 24.8 Å². The van der Waals surface area contributed by atoms with Crippen LogP contribution in [0.15, 0.2) is 30.6 Å². The first-order valence-corrected chi connectivity index (χ1v) is 9.91. The first kappa shape index (κ1) is 18.0. The van der Waals surface area contributed by atoms with Crippen LogP contribution in [0.4, 0.5) is 11.5 Å². The predicted molar refractivity (Wildman–Crippen MR) is 110 cm³/mol. The van der Waals surface area contributed by atoms with Crippen molar-refractivity contribution in [3.63, 3.8) is 0 Å². The fourth-order valence-electron chi connectivity index (χ4n) is 4.21. The molecule has 1 aliphatic heterocycles. The molecule has 2 aromatic rings. The topological polar surface area (TPSA) is 78.9 Å². The molecule has 3 N–H and O–H groups in total. The van der Waals surface area contributed by atoms with E-state index in [0.717, 1.165) is 24.3 Å². The number of hydrogen-bond acceptors (Lipinski definition) is 5. The quantitative estimate of drug-likeness (QED) is 0.620. The van der Waals surface area contributed by atoms with Crippen LogP contribution in [-0.4, -0.2) is 28.3 Å². The summed E-state index contributed by atoms with van der Waals surface area (Å²) in [5.74, 6) is 1.57. The lowest BCUT2D eigenvalue weighted by Gasteiger charge is -2.23. The number of nitrogens with zero attached hydrogens (tertiary/aromatic N) is 3. The van der Waals surface area contributed by atoms with Crippen molar-refractivity contribution in [2.45, 2.75) is 52.5 Å². The molecular formula is C22H29N5. The summed E-state index contributed by atoms with van der Waals surface area (Å²) >= 11 is 0. The molecular weight excluding hydrogens is 334 g/mol. The first-order valence-electron chi connectivity index (χ1n) is 9.91. The van der Waals surface area contributed by atoms with Gasteiger partial charge < -0.3 is 10.6 Å². The van der Waals surface area contributed by atoms with Crippen molar-refractivity contribution in [2.24, 2.45) is 11.3 Å². The van der Waals surface area contributed by atoms with E-state index in [1.807, 2.05) is 12.1 Å². The fraction of sp³-hybridized carbons (Fsp3) is 0.500. The molecule has 4 rings (SSSR count). The van der Waals surface area contributed by atoms with Crippen molar-refractivity contribution in [2.75, 3.05) is 17.2 Å². The molecule has 2 unspecified atom stereocenters. The molecule has 0 spiro atoms. The molecule has 2 atom stereocenters. The van der Waals surface area contributed by atoms with Crippen LogP contribution >= 0.6 is 0 Å². The van der Waals surface area contributed by atoms with E-state index in [1.54, 1.807) is 6.33 Å². The number of nitrogens with one attached hydrogen (secondary N) is 1. The van der Waals surface area contributed by atoms with Gasteiger partial charge in [-0.2, -0.15) is 0 Å². The average Bonchev–Trinajstić information content (AvgIpc) is 3.27. The molecule has 1 saturated carbocycles. The summed E-state index contributed by atoms with van der Waals surface area (Å²) in [7, 11) is 0. The lowest BCUT2D eigenvalue weighted by Crippen LogP contribution is -2.28. The Morgan fingerprint density at radius 1 is 1.26 bits per heavy atom. The van der Waals surface area contributed by atoms with Gasteiger partial charge in [0.05, 0.1) is 11.4 Å². The number of benzene rings is 1. The van der Waals surface area contributed by atoms with Gasteiger partial charge in [-0.3, -0.25) is 5.41 Å². The van der Waals surface area contributed by atoms with Gasteiger partial charge in [-0.25, -0.2) is 9.97 Å². The fourth-order valence-corrected chi connectivity index (χ4v) is 4.21. The molecule has 27 heavy (non-hydrogen) atoms. The minimum atomic E-state index is 0.374. The Kier molecular flexibility index (Phi) is 4.41. The second kappa shape index (κ2) is 6.63. The number of aromatic nitrogens is 2. The number of rotatable bonds is 5. The molecule has 0 amide bonds. The van der Waals surface area contributed by atoms with Crippen molar-refractivity contribution < 1.29 is 0 Å². The van der Waals surface area contributed by atoms with Crippen LogP contribution in [0.3, 0.4) is 0 Å². The van der Waals surface area contributed by atoms with Crippen LogP contribution in [0.2, 0.25) is 0 Å². The maximum absolute atomic E-state index is 8.72. The zero-order valence-electron chi connectivity index (χ0n) is 16.5. The van der Waals surface area contributed by atoms with Gasteiger partial charge in [-0.05, 0) is 61.6 Å². The highest BCUT2D eigenvalue weighted by Gasteiger charge is 2.37. The second-order valence-electron chi connectivity index (χ2n) is 8.89. The van der Waals surface area contributed by atoms with E-state index in [-0.39, 0.29) is 0 Å². The van der Waals surface area contributed by atoms with Gasteiger partial charge >= 0.3 is 0 Å². The van der Waals surface area contributed by atoms with Gasteiger partial charge in [0.1, 0.15) is 12.1 Å². The number of hydrogen-bond donors (Lipinski definition) is 2. The maximum atomic E-state index is 8.72. The maximum Gasteiger partial charge on any atom is 0.132 e. The van der Waals surface area contributed by atoms with Gasteiger partial charge in [0, 0.05) is 29.9 Å². The highest BCUT2D eigenvalue weighted by Crippen LogP contribution is 2.47. The van der Waals surface area contributed by atoms with Gasteiger partial charge in [-0.15, -0.1) is 0 Å². The number of anilines is 2. The summed E-state index contributed by atoms with van der Waals surface area (Å²) in [5.41, 5.74) is 10.3. The summed E-state index contributed by atoms with van der Waals surface area (Å²) in [6, 6.07) is 8.49. The lowest BCUT2D eigenvalue weighted by atomic mass is 9.95. The van der Waals surface area contributed by atoms with Crippen molar-refractivity contribution in [3.8, 4) is 0 Å². The summed E-state index contributed by atoms with van der Waals surface area (Å²) in [6.45, 7) is 7.83. The molecule has 0 bridgehead atoms. The lowest BCUT2D eigenvalue weighted by molar-refractivity contribution is 0.570. The molecule has 1 saturated heterocycles. The van der Waals surface area contributed by atoms with E-state index < -0.39 is 0 Å². The van der Waals surface area contributed by atoms with E-state index >= 15 is 0 Å². The third kappa shape index (κ3) is 3.68. The average molecular weight is 364 g/mol. The Labute approximate surface area is 161 Å². The van der Waals surface area contributed by atoms with Gasteiger partial charge in [0.2, 0.25) is 0 Å². The number of nitrogen functional groups attached to an aromatic ring is 1. The Morgan fingerprint density at radius 3 is 2.70 bits per heavy atom. The Morgan fingerprint density at radius 2 is 2.04 bits per heavy atom. The molecule has 2 aliphatic rings. The van der Waals surface area contributed by atoms with E-state index in [2.05, 4.69) is 47.8 Å². The molecule has 1 aromatic heterocycles. The van der Waals surface area contributed by atoms with E-state index in [0.29, 0.717) is 34.5 Å². The molecule has 5 nitrogen and oxygen atoms in total.